The highest BCUT2D eigenvalue weighted by Gasteiger charge is 2.16. The molecule has 0 spiro atoms. The van der Waals surface area contributed by atoms with E-state index in [0.717, 1.165) is 18.4 Å². The van der Waals surface area contributed by atoms with E-state index in [2.05, 4.69) is 11.9 Å². The molecule has 4 N–H and O–H groups in total. The normalized spacial score (nSPS) is 13.0. The third-order valence-electron chi connectivity index (χ3n) is 3.32. The molecule has 0 aliphatic carbocycles. The molecule has 5 heteroatoms. The Bertz CT molecular complexity index is 619. The van der Waals surface area contributed by atoms with E-state index >= 15 is 0 Å². The van der Waals surface area contributed by atoms with Gasteiger partial charge >= 0.3 is 0 Å². The Morgan fingerprint density at radius 3 is 2.74 bits per heavy atom. The topological polar surface area (TPSA) is 78.6 Å². The molecule has 0 fully saturated rings. The summed E-state index contributed by atoms with van der Waals surface area (Å²) in [5.41, 5.74) is 8.73. The summed E-state index contributed by atoms with van der Waals surface area (Å²) in [6.45, 7) is 5.78. The second-order valence-electron chi connectivity index (χ2n) is 5.40. The maximum absolute atomic E-state index is 11.3. The number of nitrogens with two attached hydrogens (primary N) is 1. The van der Waals surface area contributed by atoms with Gasteiger partial charge in [0.1, 0.15) is 6.10 Å². The van der Waals surface area contributed by atoms with Crippen LogP contribution in [0.2, 0.25) is 0 Å². The lowest BCUT2D eigenvalue weighted by Gasteiger charge is -2.17. The van der Waals surface area contributed by atoms with Gasteiger partial charge in [0.15, 0.2) is 6.29 Å². The van der Waals surface area contributed by atoms with E-state index in [1.807, 2.05) is 32.1 Å². The van der Waals surface area contributed by atoms with Gasteiger partial charge in [-0.3, -0.25) is 4.79 Å². The number of nitrogens with one attached hydrogen (secondary N) is 1. The molecular formula is C18H25N3O2. The van der Waals surface area contributed by atoms with E-state index < -0.39 is 6.10 Å². The molecule has 0 amide bonds. The van der Waals surface area contributed by atoms with Gasteiger partial charge in [-0.25, -0.2) is 0 Å². The molecule has 124 valence electrons. The summed E-state index contributed by atoms with van der Waals surface area (Å²) >= 11 is 0. The predicted molar refractivity (Wildman–Crippen MR) is 94.3 cm³/mol. The predicted octanol–water partition coefficient (Wildman–Crippen LogP) is 2.38. The van der Waals surface area contributed by atoms with Crippen molar-refractivity contribution in [1.29, 1.82) is 0 Å². The van der Waals surface area contributed by atoms with Crippen molar-refractivity contribution in [1.82, 2.24) is 10.2 Å². The molecule has 0 aromatic heterocycles. The smallest absolute Gasteiger partial charge is 0.150 e. The fourth-order valence-corrected chi connectivity index (χ4v) is 1.90. The number of carbonyl (C=O) groups excluding carboxylic acids is 1. The molecular weight excluding hydrogens is 290 g/mol. The zero-order chi connectivity index (χ0) is 17.4. The summed E-state index contributed by atoms with van der Waals surface area (Å²) in [7, 11) is 3.76. The van der Waals surface area contributed by atoms with Gasteiger partial charge in [-0.2, -0.15) is 0 Å². The molecule has 0 saturated carbocycles. The molecule has 23 heavy (non-hydrogen) atoms. The van der Waals surface area contributed by atoms with Crippen LogP contribution < -0.4 is 11.1 Å². The highest BCUT2D eigenvalue weighted by Crippen LogP contribution is 2.25. The molecule has 0 aliphatic rings. The summed E-state index contributed by atoms with van der Waals surface area (Å²) in [6, 6.07) is 5.18. The largest absolute Gasteiger partial charge is 0.398 e. The molecule has 1 unspecified atom stereocenters. The summed E-state index contributed by atoms with van der Waals surface area (Å²) in [6.07, 6.45) is 5.64. The maximum atomic E-state index is 11.3. The first-order chi connectivity index (χ1) is 10.9. The number of allylic oxidation sites excluding steroid dienone is 1. The van der Waals surface area contributed by atoms with E-state index in [4.69, 9.17) is 5.73 Å². The highest BCUT2D eigenvalue weighted by molar-refractivity contribution is 5.83. The Labute approximate surface area is 137 Å². The second kappa shape index (κ2) is 8.80. The minimum absolute atomic E-state index is 0.252. The summed E-state index contributed by atoms with van der Waals surface area (Å²) in [5.74, 6) is 0. The third kappa shape index (κ3) is 5.30. The van der Waals surface area contributed by atoms with Crippen molar-refractivity contribution in [2.75, 3.05) is 14.1 Å². The van der Waals surface area contributed by atoms with Gasteiger partial charge in [0, 0.05) is 31.6 Å². The van der Waals surface area contributed by atoms with Crippen LogP contribution in [0.15, 0.2) is 48.6 Å². The van der Waals surface area contributed by atoms with E-state index in [1.165, 1.54) is 6.20 Å². The van der Waals surface area contributed by atoms with Gasteiger partial charge < -0.3 is 21.1 Å². The van der Waals surface area contributed by atoms with Gasteiger partial charge in [-0.05, 0) is 29.8 Å². The van der Waals surface area contributed by atoms with Crippen molar-refractivity contribution >= 4 is 12.4 Å². The Morgan fingerprint density at radius 2 is 2.17 bits per heavy atom. The Morgan fingerprint density at radius 1 is 1.48 bits per heavy atom. The van der Waals surface area contributed by atoms with Crippen LogP contribution in [0.5, 0.6) is 0 Å². The highest BCUT2D eigenvalue weighted by atomic mass is 16.3. The van der Waals surface area contributed by atoms with Gasteiger partial charge in [0.05, 0.1) is 5.70 Å². The van der Waals surface area contributed by atoms with Crippen LogP contribution in [0.4, 0.5) is 0 Å². The van der Waals surface area contributed by atoms with E-state index in [0.29, 0.717) is 16.7 Å². The Hall–Kier alpha value is -2.53. The minimum atomic E-state index is -1.02. The van der Waals surface area contributed by atoms with Crippen LogP contribution in [-0.4, -0.2) is 30.4 Å². The molecule has 0 saturated heterocycles. The third-order valence-corrected chi connectivity index (χ3v) is 3.32. The number of rotatable bonds is 8. The molecule has 5 nitrogen and oxygen atoms in total. The lowest BCUT2D eigenvalue weighted by atomic mass is 9.96. The van der Waals surface area contributed by atoms with Crippen molar-refractivity contribution in [3.05, 3.63) is 65.3 Å². The van der Waals surface area contributed by atoms with Crippen molar-refractivity contribution in [2.45, 2.75) is 19.4 Å². The number of hydrogen-bond donors (Lipinski definition) is 3. The standard InChI is InChI=1S/C18H25N3O2/c1-5-13(2)20-11-17(19)18(23)16-8-6-7-14(12-22)15(16)9-10-21(3)4/h6-12,18,20,23H,2,5,19H2,1,3-4H3/b10-9-,17-11-. The number of aldehydes is 1. The molecule has 1 rings (SSSR count). The number of aliphatic hydroxyl groups excluding tert-OH is 1. The summed E-state index contributed by atoms with van der Waals surface area (Å²) in [5, 5.41) is 13.5. The zero-order valence-corrected chi connectivity index (χ0v) is 13.9. The summed E-state index contributed by atoms with van der Waals surface area (Å²) in [4.78, 5) is 13.1. The van der Waals surface area contributed by atoms with Gasteiger partial charge in [0.2, 0.25) is 0 Å². The van der Waals surface area contributed by atoms with Crippen LogP contribution in [0.3, 0.4) is 0 Å². The zero-order valence-electron chi connectivity index (χ0n) is 13.9. The van der Waals surface area contributed by atoms with Crippen LogP contribution in [0.25, 0.3) is 6.08 Å². The molecule has 0 aliphatic heterocycles. The molecule has 1 aromatic carbocycles. The minimum Gasteiger partial charge on any atom is -0.398 e. The lowest BCUT2D eigenvalue weighted by molar-refractivity contribution is 0.112. The average Bonchev–Trinajstić information content (AvgIpc) is 2.56. The van der Waals surface area contributed by atoms with Crippen molar-refractivity contribution in [3.8, 4) is 0 Å². The molecule has 0 heterocycles. The molecule has 1 aromatic rings. The fraction of sp³-hybridized carbons (Fsp3) is 0.278. The maximum Gasteiger partial charge on any atom is 0.150 e. The number of aliphatic hydroxyl groups is 1. The van der Waals surface area contributed by atoms with Gasteiger partial charge in [-0.15, -0.1) is 0 Å². The Kier molecular flexibility index (Phi) is 7.09. The first-order valence-electron chi connectivity index (χ1n) is 7.41. The first kappa shape index (κ1) is 18.5. The van der Waals surface area contributed by atoms with Crippen LogP contribution in [0, 0.1) is 0 Å². The molecule has 0 bridgehead atoms. The van der Waals surface area contributed by atoms with E-state index in [1.54, 1.807) is 24.3 Å². The Balaban J connectivity index is 3.19. The lowest BCUT2D eigenvalue weighted by Crippen LogP contribution is -2.16. The number of nitrogens with zero attached hydrogens (tertiary/aromatic N) is 1. The number of hydrogen-bond acceptors (Lipinski definition) is 5. The SMILES string of the molecule is C=C(CC)N/C=C(\N)C(O)c1cccc(C=O)c1/C=C\N(C)C. The quantitative estimate of drug-likeness (QED) is 0.642. The van der Waals surface area contributed by atoms with Gasteiger partial charge in [0.25, 0.3) is 0 Å². The van der Waals surface area contributed by atoms with Crippen molar-refractivity contribution in [3.63, 3.8) is 0 Å². The number of benzene rings is 1. The monoisotopic (exact) mass is 315 g/mol. The average molecular weight is 315 g/mol. The molecule has 0 radical (unpaired) electrons. The van der Waals surface area contributed by atoms with E-state index in [-0.39, 0.29) is 5.70 Å². The van der Waals surface area contributed by atoms with E-state index in [9.17, 15) is 9.90 Å². The van der Waals surface area contributed by atoms with Crippen molar-refractivity contribution < 1.29 is 9.90 Å². The van der Waals surface area contributed by atoms with Crippen LogP contribution in [-0.2, 0) is 0 Å². The fourth-order valence-electron chi connectivity index (χ4n) is 1.90. The summed E-state index contributed by atoms with van der Waals surface area (Å²) < 4.78 is 0. The van der Waals surface area contributed by atoms with Crippen LogP contribution >= 0.6 is 0 Å². The van der Waals surface area contributed by atoms with Crippen LogP contribution in [0.1, 0.15) is 40.9 Å². The van der Waals surface area contributed by atoms with Gasteiger partial charge in [-0.1, -0.05) is 31.7 Å². The molecule has 1 atom stereocenters. The van der Waals surface area contributed by atoms with Crippen molar-refractivity contribution in [2.24, 2.45) is 5.73 Å². The second-order valence-corrected chi connectivity index (χ2v) is 5.40. The first-order valence-corrected chi connectivity index (χ1v) is 7.41. The number of carbonyl (C=O) groups is 1.